The first-order valence-corrected chi connectivity index (χ1v) is 7.37. The minimum absolute atomic E-state index is 0.126. The van der Waals surface area contributed by atoms with Gasteiger partial charge >= 0.3 is 0 Å². The van der Waals surface area contributed by atoms with Crippen molar-refractivity contribution in [2.75, 3.05) is 7.11 Å². The van der Waals surface area contributed by atoms with Gasteiger partial charge in [0.2, 0.25) is 0 Å². The summed E-state index contributed by atoms with van der Waals surface area (Å²) in [7, 11) is 1.60. The Labute approximate surface area is 135 Å². The van der Waals surface area contributed by atoms with Crippen LogP contribution in [0, 0.1) is 5.82 Å². The Morgan fingerprint density at radius 1 is 1.17 bits per heavy atom. The van der Waals surface area contributed by atoms with Gasteiger partial charge in [0, 0.05) is 12.1 Å². The van der Waals surface area contributed by atoms with E-state index in [0.717, 1.165) is 11.3 Å². The lowest BCUT2D eigenvalue weighted by Gasteiger charge is -2.11. The molecule has 0 saturated carbocycles. The van der Waals surface area contributed by atoms with Gasteiger partial charge in [-0.25, -0.2) is 4.39 Å². The first-order valence-electron chi connectivity index (χ1n) is 7.37. The molecular formula is C18H20FNO3. The van der Waals surface area contributed by atoms with Crippen LogP contribution in [0.1, 0.15) is 29.8 Å². The van der Waals surface area contributed by atoms with Crippen molar-refractivity contribution >= 4 is 5.91 Å². The summed E-state index contributed by atoms with van der Waals surface area (Å²) in [6.07, 6.45) is -0.126. The van der Waals surface area contributed by atoms with Gasteiger partial charge in [0.05, 0.1) is 13.2 Å². The van der Waals surface area contributed by atoms with Crippen molar-refractivity contribution in [2.45, 2.75) is 26.5 Å². The van der Waals surface area contributed by atoms with E-state index in [1.165, 1.54) is 12.1 Å². The van der Waals surface area contributed by atoms with Crippen molar-refractivity contribution in [1.29, 1.82) is 0 Å². The van der Waals surface area contributed by atoms with Crippen molar-refractivity contribution in [3.05, 3.63) is 59.4 Å². The Kier molecular flexibility index (Phi) is 5.57. The number of nitrogens with one attached hydrogen (secondary N) is 1. The molecule has 23 heavy (non-hydrogen) atoms. The number of benzene rings is 2. The summed E-state index contributed by atoms with van der Waals surface area (Å²) < 4.78 is 24.3. The molecule has 0 radical (unpaired) electrons. The topological polar surface area (TPSA) is 47.6 Å². The Balaban J connectivity index is 1.98. The first kappa shape index (κ1) is 16.8. The zero-order valence-corrected chi connectivity index (χ0v) is 13.4. The molecule has 0 aliphatic rings. The number of ether oxygens (including phenoxy) is 2. The Bertz CT molecular complexity index is 668. The number of hydrogen-bond acceptors (Lipinski definition) is 3. The van der Waals surface area contributed by atoms with E-state index in [9.17, 15) is 9.18 Å². The van der Waals surface area contributed by atoms with E-state index in [-0.39, 0.29) is 23.3 Å². The fourth-order valence-electron chi connectivity index (χ4n) is 2.02. The van der Waals surface area contributed by atoms with E-state index in [2.05, 4.69) is 5.32 Å². The van der Waals surface area contributed by atoms with Crippen LogP contribution in [0.3, 0.4) is 0 Å². The molecule has 0 saturated heterocycles. The van der Waals surface area contributed by atoms with E-state index >= 15 is 0 Å². The number of methoxy groups -OCH3 is 1. The maximum atomic E-state index is 13.9. The molecule has 2 aromatic rings. The van der Waals surface area contributed by atoms with Gasteiger partial charge in [0.25, 0.3) is 5.91 Å². The van der Waals surface area contributed by atoms with Crippen LogP contribution < -0.4 is 14.8 Å². The predicted molar refractivity (Wildman–Crippen MR) is 86.3 cm³/mol. The van der Waals surface area contributed by atoms with E-state index in [4.69, 9.17) is 9.47 Å². The van der Waals surface area contributed by atoms with Gasteiger partial charge < -0.3 is 14.8 Å². The van der Waals surface area contributed by atoms with E-state index in [1.807, 2.05) is 38.1 Å². The second-order valence-electron chi connectivity index (χ2n) is 5.34. The van der Waals surface area contributed by atoms with Crippen molar-refractivity contribution in [3.8, 4) is 11.5 Å². The summed E-state index contributed by atoms with van der Waals surface area (Å²) in [5.74, 6) is 0.0150. The molecule has 0 aromatic heterocycles. The quantitative estimate of drug-likeness (QED) is 0.886. The molecule has 0 spiro atoms. The smallest absolute Gasteiger partial charge is 0.251 e. The Morgan fingerprint density at radius 2 is 1.87 bits per heavy atom. The highest BCUT2D eigenvalue weighted by Gasteiger charge is 2.11. The summed E-state index contributed by atoms with van der Waals surface area (Å²) in [4.78, 5) is 12.1. The lowest BCUT2D eigenvalue weighted by Crippen LogP contribution is -2.23. The summed E-state index contributed by atoms with van der Waals surface area (Å²) in [5, 5.41) is 2.75. The van der Waals surface area contributed by atoms with Crippen molar-refractivity contribution < 1.29 is 18.7 Å². The van der Waals surface area contributed by atoms with Crippen LogP contribution in [0.15, 0.2) is 42.5 Å². The molecule has 5 heteroatoms. The van der Waals surface area contributed by atoms with Crippen molar-refractivity contribution in [1.82, 2.24) is 5.32 Å². The van der Waals surface area contributed by atoms with Gasteiger partial charge in [0.1, 0.15) is 5.75 Å². The number of hydrogen-bond donors (Lipinski definition) is 1. The predicted octanol–water partition coefficient (Wildman–Crippen LogP) is 3.55. The lowest BCUT2D eigenvalue weighted by atomic mass is 10.1. The SMILES string of the molecule is COc1ccc(CNC(=O)c2ccc(OC(C)C)c(F)c2)cc1. The van der Waals surface area contributed by atoms with Gasteiger partial charge in [-0.2, -0.15) is 0 Å². The standard InChI is InChI=1S/C18H20FNO3/c1-12(2)23-17-9-6-14(10-16(17)19)18(21)20-11-13-4-7-15(22-3)8-5-13/h4-10,12H,11H2,1-3H3,(H,20,21). The normalized spacial score (nSPS) is 10.5. The molecule has 1 N–H and O–H groups in total. The van der Waals surface area contributed by atoms with Gasteiger partial charge in [-0.3, -0.25) is 4.79 Å². The monoisotopic (exact) mass is 317 g/mol. The summed E-state index contributed by atoms with van der Waals surface area (Å²) in [6.45, 7) is 3.98. The zero-order chi connectivity index (χ0) is 16.8. The van der Waals surface area contributed by atoms with Crippen molar-refractivity contribution in [2.24, 2.45) is 0 Å². The molecule has 0 atom stereocenters. The number of carbonyl (C=O) groups is 1. The largest absolute Gasteiger partial charge is 0.497 e. The second-order valence-corrected chi connectivity index (χ2v) is 5.34. The average molecular weight is 317 g/mol. The molecule has 4 nitrogen and oxygen atoms in total. The van der Waals surface area contributed by atoms with Crippen LogP contribution >= 0.6 is 0 Å². The molecule has 0 bridgehead atoms. The maximum absolute atomic E-state index is 13.9. The van der Waals surface area contributed by atoms with Crippen molar-refractivity contribution in [3.63, 3.8) is 0 Å². The molecule has 122 valence electrons. The van der Waals surface area contributed by atoms with Crippen LogP contribution in [0.5, 0.6) is 11.5 Å². The van der Waals surface area contributed by atoms with Gasteiger partial charge in [-0.1, -0.05) is 12.1 Å². The van der Waals surface area contributed by atoms with Crippen LogP contribution in [0.25, 0.3) is 0 Å². The fraction of sp³-hybridized carbons (Fsp3) is 0.278. The van der Waals surface area contributed by atoms with Crippen LogP contribution in [-0.2, 0) is 6.54 Å². The summed E-state index contributed by atoms with van der Waals surface area (Å²) >= 11 is 0. The molecule has 0 unspecified atom stereocenters. The number of rotatable bonds is 6. The number of amides is 1. The highest BCUT2D eigenvalue weighted by Crippen LogP contribution is 2.19. The van der Waals surface area contributed by atoms with Crippen LogP contribution in [0.4, 0.5) is 4.39 Å². The Hall–Kier alpha value is -2.56. The number of carbonyl (C=O) groups excluding carboxylic acids is 1. The molecule has 0 heterocycles. The van der Waals surface area contributed by atoms with E-state index in [0.29, 0.717) is 6.54 Å². The molecule has 0 fully saturated rings. The Morgan fingerprint density at radius 3 is 2.43 bits per heavy atom. The molecule has 1 amide bonds. The average Bonchev–Trinajstić information content (AvgIpc) is 2.54. The molecule has 2 aromatic carbocycles. The maximum Gasteiger partial charge on any atom is 0.251 e. The van der Waals surface area contributed by atoms with Gasteiger partial charge in [-0.15, -0.1) is 0 Å². The van der Waals surface area contributed by atoms with Crippen LogP contribution in [0.2, 0.25) is 0 Å². The fourth-order valence-corrected chi connectivity index (χ4v) is 2.02. The summed E-state index contributed by atoms with van der Waals surface area (Å²) in [5.41, 5.74) is 1.19. The first-order chi connectivity index (χ1) is 11.0. The third kappa shape index (κ3) is 4.71. The minimum Gasteiger partial charge on any atom is -0.497 e. The van der Waals surface area contributed by atoms with Gasteiger partial charge in [0.15, 0.2) is 11.6 Å². The highest BCUT2D eigenvalue weighted by molar-refractivity contribution is 5.94. The highest BCUT2D eigenvalue weighted by atomic mass is 19.1. The van der Waals surface area contributed by atoms with Crippen LogP contribution in [-0.4, -0.2) is 19.1 Å². The summed E-state index contributed by atoms with van der Waals surface area (Å²) in [6, 6.07) is 11.6. The minimum atomic E-state index is -0.546. The zero-order valence-electron chi connectivity index (χ0n) is 13.4. The second kappa shape index (κ2) is 7.63. The van der Waals surface area contributed by atoms with E-state index in [1.54, 1.807) is 13.2 Å². The molecule has 0 aliphatic carbocycles. The molecule has 0 aliphatic heterocycles. The number of halogens is 1. The lowest BCUT2D eigenvalue weighted by molar-refractivity contribution is 0.0950. The van der Waals surface area contributed by atoms with E-state index < -0.39 is 5.82 Å². The molecule has 2 rings (SSSR count). The third-order valence-electron chi connectivity index (χ3n) is 3.17. The third-order valence-corrected chi connectivity index (χ3v) is 3.17. The molecular weight excluding hydrogens is 297 g/mol. The van der Waals surface area contributed by atoms with Gasteiger partial charge in [-0.05, 0) is 49.7 Å².